The monoisotopic (exact) mass is 253 g/mol. The number of likely N-dealkylation sites (N-methyl/N-ethyl adjacent to an activating group) is 1. The van der Waals surface area contributed by atoms with Crippen molar-refractivity contribution < 1.29 is 18.8 Å². The molecule has 0 bridgehead atoms. The summed E-state index contributed by atoms with van der Waals surface area (Å²) in [6, 6.07) is 5.69. The summed E-state index contributed by atoms with van der Waals surface area (Å²) in [7, 11) is 2.12. The van der Waals surface area contributed by atoms with Gasteiger partial charge >= 0.3 is 0 Å². The van der Waals surface area contributed by atoms with Gasteiger partial charge in [0.25, 0.3) is 5.91 Å². The first-order valence-electron chi connectivity index (χ1n) is 6.12. The van der Waals surface area contributed by atoms with Crippen LogP contribution in [0.5, 0.6) is 5.75 Å². The molecule has 2 rings (SSSR count). The Labute approximate surface area is 106 Å². The minimum atomic E-state index is -0.310. The summed E-state index contributed by atoms with van der Waals surface area (Å²) in [5, 5.41) is 0. The Morgan fingerprint density at radius 2 is 1.94 bits per heavy atom. The van der Waals surface area contributed by atoms with Crippen molar-refractivity contribution in [3.63, 3.8) is 0 Å². The van der Waals surface area contributed by atoms with E-state index in [2.05, 4.69) is 7.05 Å². The van der Waals surface area contributed by atoms with E-state index in [1.807, 2.05) is 4.90 Å². The summed E-state index contributed by atoms with van der Waals surface area (Å²) >= 11 is 0. The van der Waals surface area contributed by atoms with Crippen molar-refractivity contribution in [2.75, 3.05) is 39.8 Å². The second kappa shape index (κ2) is 5.82. The third-order valence-electron chi connectivity index (χ3n) is 3.15. The molecule has 1 aromatic carbocycles. The van der Waals surface area contributed by atoms with Gasteiger partial charge in [0, 0.05) is 0 Å². The van der Waals surface area contributed by atoms with E-state index >= 15 is 0 Å². The molecule has 4 nitrogen and oxygen atoms in total. The molecule has 1 aromatic rings. The summed E-state index contributed by atoms with van der Waals surface area (Å²) in [5.74, 6) is 0.201. The number of halogens is 1. The van der Waals surface area contributed by atoms with Crippen molar-refractivity contribution >= 4 is 5.91 Å². The van der Waals surface area contributed by atoms with Crippen LogP contribution in [0.4, 0.5) is 4.39 Å². The van der Waals surface area contributed by atoms with Gasteiger partial charge < -0.3 is 14.5 Å². The van der Waals surface area contributed by atoms with Gasteiger partial charge in [0.05, 0.1) is 33.2 Å². The van der Waals surface area contributed by atoms with Crippen LogP contribution in [0.1, 0.15) is 0 Å². The number of rotatable bonds is 3. The lowest BCUT2D eigenvalue weighted by molar-refractivity contribution is -0.883. The van der Waals surface area contributed by atoms with Crippen molar-refractivity contribution in [2.45, 2.75) is 0 Å². The molecule has 1 aliphatic rings. The fourth-order valence-corrected chi connectivity index (χ4v) is 1.91. The maximum Gasteiger partial charge on any atom is 0.260 e. The number of nitrogens with one attached hydrogen (secondary N) is 1. The van der Waals surface area contributed by atoms with E-state index in [1.165, 1.54) is 29.2 Å². The number of benzene rings is 1. The molecule has 0 spiro atoms. The van der Waals surface area contributed by atoms with Crippen LogP contribution >= 0.6 is 0 Å². The summed E-state index contributed by atoms with van der Waals surface area (Å²) in [6.07, 6.45) is 0. The lowest BCUT2D eigenvalue weighted by Crippen LogP contribution is -3.12. The highest BCUT2D eigenvalue weighted by molar-refractivity contribution is 5.77. The highest BCUT2D eigenvalue weighted by atomic mass is 19.1. The van der Waals surface area contributed by atoms with E-state index in [1.54, 1.807) is 0 Å². The van der Waals surface area contributed by atoms with Gasteiger partial charge in [-0.1, -0.05) is 0 Å². The molecule has 0 aromatic heterocycles. The molecule has 0 aliphatic carbocycles. The Hall–Kier alpha value is -1.62. The molecule has 98 valence electrons. The van der Waals surface area contributed by atoms with Crippen LogP contribution in [-0.2, 0) is 4.79 Å². The van der Waals surface area contributed by atoms with Crippen molar-refractivity contribution in [1.82, 2.24) is 4.90 Å². The molecular formula is C13H18FN2O2+. The van der Waals surface area contributed by atoms with Gasteiger partial charge in [-0.3, -0.25) is 4.79 Å². The SMILES string of the molecule is C[NH+]1CCN(C(=O)COc2ccc(F)cc2)CC1. The van der Waals surface area contributed by atoms with Crippen LogP contribution in [0.2, 0.25) is 0 Å². The van der Waals surface area contributed by atoms with E-state index < -0.39 is 0 Å². The van der Waals surface area contributed by atoms with Crippen molar-refractivity contribution in [3.8, 4) is 5.75 Å². The van der Waals surface area contributed by atoms with E-state index in [0.29, 0.717) is 5.75 Å². The zero-order chi connectivity index (χ0) is 13.0. The first-order valence-corrected chi connectivity index (χ1v) is 6.12. The Balaban J connectivity index is 1.79. The Kier molecular flexibility index (Phi) is 4.15. The maximum absolute atomic E-state index is 12.7. The van der Waals surface area contributed by atoms with E-state index in [0.717, 1.165) is 26.2 Å². The van der Waals surface area contributed by atoms with Gasteiger partial charge in [-0.05, 0) is 24.3 Å². The number of carbonyl (C=O) groups excluding carboxylic acids is 1. The molecule has 5 heteroatoms. The number of piperazine rings is 1. The van der Waals surface area contributed by atoms with E-state index in [4.69, 9.17) is 4.74 Å². The number of amides is 1. The number of carbonyl (C=O) groups is 1. The minimum absolute atomic E-state index is 0.00757. The van der Waals surface area contributed by atoms with Gasteiger partial charge in [-0.15, -0.1) is 0 Å². The molecule has 0 radical (unpaired) electrons. The quantitative estimate of drug-likeness (QED) is 0.792. The van der Waals surface area contributed by atoms with Crippen molar-refractivity contribution in [2.24, 2.45) is 0 Å². The third-order valence-corrected chi connectivity index (χ3v) is 3.15. The average Bonchev–Trinajstić information content (AvgIpc) is 2.38. The predicted octanol–water partition coefficient (Wildman–Crippen LogP) is -0.439. The molecule has 1 heterocycles. The predicted molar refractivity (Wildman–Crippen MR) is 65.1 cm³/mol. The standard InChI is InChI=1S/C13H17FN2O2/c1-15-6-8-16(9-7-15)13(17)10-18-12-4-2-11(14)3-5-12/h2-5H,6-10H2,1H3/p+1. The molecule has 18 heavy (non-hydrogen) atoms. The molecule has 1 saturated heterocycles. The second-order valence-electron chi connectivity index (χ2n) is 4.58. The Morgan fingerprint density at radius 3 is 2.56 bits per heavy atom. The summed E-state index contributed by atoms with van der Waals surface area (Å²) in [6.45, 7) is 3.52. The molecule has 0 unspecified atom stereocenters. The topological polar surface area (TPSA) is 34.0 Å². The summed E-state index contributed by atoms with van der Waals surface area (Å²) in [4.78, 5) is 15.1. The number of quaternary nitrogens is 1. The third kappa shape index (κ3) is 3.43. The lowest BCUT2D eigenvalue weighted by atomic mass is 10.3. The van der Waals surface area contributed by atoms with E-state index in [-0.39, 0.29) is 18.3 Å². The van der Waals surface area contributed by atoms with Gasteiger partial charge in [-0.25, -0.2) is 4.39 Å². The van der Waals surface area contributed by atoms with Crippen LogP contribution < -0.4 is 9.64 Å². The smallest absolute Gasteiger partial charge is 0.260 e. The fraction of sp³-hybridized carbons (Fsp3) is 0.462. The van der Waals surface area contributed by atoms with Gasteiger partial charge in [0.15, 0.2) is 6.61 Å². The zero-order valence-corrected chi connectivity index (χ0v) is 10.5. The summed E-state index contributed by atoms with van der Waals surface area (Å²) in [5.41, 5.74) is 0. The van der Waals surface area contributed by atoms with Crippen LogP contribution in [0, 0.1) is 5.82 Å². The molecule has 1 aliphatic heterocycles. The van der Waals surface area contributed by atoms with Crippen LogP contribution in [0.3, 0.4) is 0 Å². The Morgan fingerprint density at radius 1 is 1.33 bits per heavy atom. The van der Waals surface area contributed by atoms with Gasteiger partial charge in [0.2, 0.25) is 0 Å². The first kappa shape index (κ1) is 12.8. The first-order chi connectivity index (χ1) is 8.65. The number of nitrogens with zero attached hydrogens (tertiary/aromatic N) is 1. The average molecular weight is 253 g/mol. The van der Waals surface area contributed by atoms with Crippen molar-refractivity contribution in [3.05, 3.63) is 30.1 Å². The largest absolute Gasteiger partial charge is 0.484 e. The van der Waals surface area contributed by atoms with Crippen LogP contribution in [-0.4, -0.2) is 50.6 Å². The maximum atomic E-state index is 12.7. The molecule has 1 N–H and O–H groups in total. The van der Waals surface area contributed by atoms with Gasteiger partial charge in [-0.2, -0.15) is 0 Å². The van der Waals surface area contributed by atoms with Gasteiger partial charge in [0.1, 0.15) is 11.6 Å². The molecular weight excluding hydrogens is 235 g/mol. The lowest BCUT2D eigenvalue weighted by Gasteiger charge is -2.29. The van der Waals surface area contributed by atoms with Crippen LogP contribution in [0.25, 0.3) is 0 Å². The molecule has 0 atom stereocenters. The number of hydrogen-bond donors (Lipinski definition) is 1. The van der Waals surface area contributed by atoms with Crippen molar-refractivity contribution in [1.29, 1.82) is 0 Å². The minimum Gasteiger partial charge on any atom is -0.484 e. The van der Waals surface area contributed by atoms with E-state index in [9.17, 15) is 9.18 Å². The fourth-order valence-electron chi connectivity index (χ4n) is 1.91. The molecule has 1 amide bonds. The highest BCUT2D eigenvalue weighted by Gasteiger charge is 2.21. The highest BCUT2D eigenvalue weighted by Crippen LogP contribution is 2.11. The summed E-state index contributed by atoms with van der Waals surface area (Å²) < 4.78 is 18.0. The van der Waals surface area contributed by atoms with Crippen LogP contribution in [0.15, 0.2) is 24.3 Å². The zero-order valence-electron chi connectivity index (χ0n) is 10.5. The Bertz CT molecular complexity index is 400. The second-order valence-corrected chi connectivity index (χ2v) is 4.58. The molecule has 0 saturated carbocycles. The number of hydrogen-bond acceptors (Lipinski definition) is 2. The number of ether oxygens (including phenoxy) is 1. The molecule has 1 fully saturated rings. The normalized spacial score (nSPS) is 16.7.